The van der Waals surface area contributed by atoms with E-state index in [1.165, 1.54) is 24.3 Å². The summed E-state index contributed by atoms with van der Waals surface area (Å²) in [5, 5.41) is 3.21. The number of halogens is 2. The number of amides is 1. The fraction of sp³-hybridized carbons (Fsp3) is 0.278. The van der Waals surface area contributed by atoms with Gasteiger partial charge in [-0.2, -0.15) is 0 Å². The largest absolute Gasteiger partial charge is 0.333 e. The van der Waals surface area contributed by atoms with Crippen molar-refractivity contribution >= 4 is 21.6 Å². The van der Waals surface area contributed by atoms with Gasteiger partial charge in [-0.3, -0.25) is 9.52 Å². The van der Waals surface area contributed by atoms with Crippen molar-refractivity contribution in [1.82, 2.24) is 10.2 Å². The maximum absolute atomic E-state index is 13.3. The van der Waals surface area contributed by atoms with Crippen molar-refractivity contribution in [2.24, 2.45) is 0 Å². The SMILES string of the molecule is CC1CNCCN1C(=O)c1ccc(NS(=O)(=O)c2ccc(F)c(F)c2)cc1. The highest BCUT2D eigenvalue weighted by Crippen LogP contribution is 2.19. The second kappa shape index (κ2) is 7.61. The van der Waals surface area contributed by atoms with E-state index in [1.54, 1.807) is 4.90 Å². The summed E-state index contributed by atoms with van der Waals surface area (Å²) in [4.78, 5) is 13.9. The number of nitrogens with one attached hydrogen (secondary N) is 2. The molecule has 1 aliphatic heterocycles. The lowest BCUT2D eigenvalue weighted by Gasteiger charge is -2.34. The summed E-state index contributed by atoms with van der Waals surface area (Å²) >= 11 is 0. The van der Waals surface area contributed by atoms with E-state index in [0.717, 1.165) is 25.2 Å². The van der Waals surface area contributed by atoms with Crippen molar-refractivity contribution in [2.75, 3.05) is 24.4 Å². The molecule has 2 aromatic rings. The number of carbonyl (C=O) groups is 1. The average Bonchev–Trinajstić information content (AvgIpc) is 2.64. The second-order valence-electron chi connectivity index (χ2n) is 6.31. The maximum atomic E-state index is 13.3. The van der Waals surface area contributed by atoms with Gasteiger partial charge in [-0.25, -0.2) is 17.2 Å². The number of rotatable bonds is 4. The van der Waals surface area contributed by atoms with Gasteiger partial charge in [-0.1, -0.05) is 0 Å². The minimum Gasteiger partial charge on any atom is -0.333 e. The molecular weight excluding hydrogens is 376 g/mol. The molecule has 0 saturated carbocycles. The number of carbonyl (C=O) groups excluding carboxylic acids is 1. The fourth-order valence-corrected chi connectivity index (χ4v) is 3.92. The van der Waals surface area contributed by atoms with Crippen LogP contribution >= 0.6 is 0 Å². The number of nitrogens with zero attached hydrogens (tertiary/aromatic N) is 1. The van der Waals surface area contributed by atoms with Crippen molar-refractivity contribution in [3.63, 3.8) is 0 Å². The Morgan fingerprint density at radius 2 is 1.85 bits per heavy atom. The molecule has 0 radical (unpaired) electrons. The molecule has 1 amide bonds. The molecule has 3 rings (SSSR count). The van der Waals surface area contributed by atoms with Crippen LogP contribution in [0.15, 0.2) is 47.4 Å². The third-order valence-electron chi connectivity index (χ3n) is 4.35. The first-order valence-electron chi connectivity index (χ1n) is 8.37. The third-order valence-corrected chi connectivity index (χ3v) is 5.73. The molecule has 1 atom stereocenters. The smallest absolute Gasteiger partial charge is 0.261 e. The molecule has 0 aliphatic carbocycles. The molecule has 0 bridgehead atoms. The van der Waals surface area contributed by atoms with E-state index in [9.17, 15) is 22.0 Å². The Morgan fingerprint density at radius 3 is 2.48 bits per heavy atom. The van der Waals surface area contributed by atoms with Crippen molar-refractivity contribution in [3.8, 4) is 0 Å². The predicted octanol–water partition coefficient (Wildman–Crippen LogP) is 2.20. The van der Waals surface area contributed by atoms with Gasteiger partial charge in [0, 0.05) is 36.9 Å². The zero-order valence-corrected chi connectivity index (χ0v) is 15.4. The highest BCUT2D eigenvalue weighted by atomic mass is 32.2. The fourth-order valence-electron chi connectivity index (χ4n) is 2.85. The summed E-state index contributed by atoms with van der Waals surface area (Å²) in [5.41, 5.74) is 0.657. The third kappa shape index (κ3) is 4.25. The van der Waals surface area contributed by atoms with E-state index in [2.05, 4.69) is 10.0 Å². The summed E-state index contributed by atoms with van der Waals surface area (Å²) < 4.78 is 53.1. The first-order valence-corrected chi connectivity index (χ1v) is 9.86. The van der Waals surface area contributed by atoms with Crippen molar-refractivity contribution in [1.29, 1.82) is 0 Å². The van der Waals surface area contributed by atoms with E-state index in [-0.39, 0.29) is 17.6 Å². The topological polar surface area (TPSA) is 78.5 Å². The molecular formula is C18H19F2N3O3S. The van der Waals surface area contributed by atoms with Crippen LogP contribution in [0, 0.1) is 11.6 Å². The Balaban J connectivity index is 1.75. The Kier molecular flexibility index (Phi) is 5.43. The normalized spacial score (nSPS) is 17.6. The number of hydrogen-bond acceptors (Lipinski definition) is 4. The first-order chi connectivity index (χ1) is 12.8. The Morgan fingerprint density at radius 1 is 1.15 bits per heavy atom. The highest BCUT2D eigenvalue weighted by Gasteiger charge is 2.24. The van der Waals surface area contributed by atoms with Gasteiger partial charge in [0.2, 0.25) is 0 Å². The Labute approximate surface area is 156 Å². The maximum Gasteiger partial charge on any atom is 0.261 e. The summed E-state index contributed by atoms with van der Waals surface area (Å²) in [6, 6.07) is 8.37. The van der Waals surface area contributed by atoms with Gasteiger partial charge in [0.1, 0.15) is 0 Å². The van der Waals surface area contributed by atoms with E-state index in [4.69, 9.17) is 0 Å². The standard InChI is InChI=1S/C18H19F2N3O3S/c1-12-11-21-8-9-23(12)18(24)13-2-4-14(5-3-13)22-27(25,26)15-6-7-16(19)17(20)10-15/h2-7,10,12,21-22H,8-9,11H2,1H3. The highest BCUT2D eigenvalue weighted by molar-refractivity contribution is 7.92. The number of piperazine rings is 1. The molecule has 0 aromatic heterocycles. The van der Waals surface area contributed by atoms with Crippen molar-refractivity contribution in [3.05, 3.63) is 59.7 Å². The minimum absolute atomic E-state index is 0.0674. The molecule has 6 nitrogen and oxygen atoms in total. The molecule has 1 fully saturated rings. The molecule has 0 spiro atoms. The summed E-state index contributed by atoms with van der Waals surface area (Å²) in [6.07, 6.45) is 0. The molecule has 1 saturated heterocycles. The number of benzene rings is 2. The van der Waals surface area contributed by atoms with Crippen molar-refractivity contribution in [2.45, 2.75) is 17.9 Å². The Bertz CT molecular complexity index is 949. The quantitative estimate of drug-likeness (QED) is 0.832. The van der Waals surface area contributed by atoms with Gasteiger partial charge in [0.15, 0.2) is 11.6 Å². The van der Waals surface area contributed by atoms with Crippen LogP contribution < -0.4 is 10.0 Å². The molecule has 1 unspecified atom stereocenters. The zero-order chi connectivity index (χ0) is 19.6. The number of hydrogen-bond donors (Lipinski definition) is 2. The minimum atomic E-state index is -4.08. The number of anilines is 1. The summed E-state index contributed by atoms with van der Waals surface area (Å²) in [7, 11) is -4.08. The van der Waals surface area contributed by atoms with Gasteiger partial charge in [-0.15, -0.1) is 0 Å². The first kappa shape index (κ1) is 19.2. The van der Waals surface area contributed by atoms with E-state index in [1.807, 2.05) is 6.92 Å². The van der Waals surface area contributed by atoms with Crippen LogP contribution in [0.4, 0.5) is 14.5 Å². The lowest BCUT2D eigenvalue weighted by molar-refractivity contribution is 0.0656. The van der Waals surface area contributed by atoms with Gasteiger partial charge in [-0.05, 0) is 49.4 Å². The molecule has 2 N–H and O–H groups in total. The van der Waals surface area contributed by atoms with Crippen LogP contribution in [-0.2, 0) is 10.0 Å². The molecule has 1 heterocycles. The van der Waals surface area contributed by atoms with Crippen molar-refractivity contribution < 1.29 is 22.0 Å². The second-order valence-corrected chi connectivity index (χ2v) is 7.99. The van der Waals surface area contributed by atoms with Gasteiger partial charge < -0.3 is 10.2 Å². The summed E-state index contributed by atoms with van der Waals surface area (Å²) in [5.74, 6) is -2.50. The molecule has 2 aromatic carbocycles. The van der Waals surface area contributed by atoms with Crippen LogP contribution in [0.3, 0.4) is 0 Å². The zero-order valence-electron chi connectivity index (χ0n) is 14.6. The van der Waals surface area contributed by atoms with Crippen LogP contribution in [-0.4, -0.2) is 44.9 Å². The lowest BCUT2D eigenvalue weighted by atomic mass is 10.1. The Hall–Kier alpha value is -2.52. The van der Waals surface area contributed by atoms with Crippen LogP contribution in [0.25, 0.3) is 0 Å². The van der Waals surface area contributed by atoms with E-state index in [0.29, 0.717) is 18.2 Å². The molecule has 9 heteroatoms. The predicted molar refractivity (Wildman–Crippen MR) is 97.0 cm³/mol. The van der Waals surface area contributed by atoms with Crippen LogP contribution in [0.5, 0.6) is 0 Å². The average molecular weight is 395 g/mol. The number of sulfonamides is 1. The van der Waals surface area contributed by atoms with Gasteiger partial charge >= 0.3 is 0 Å². The molecule has 144 valence electrons. The van der Waals surface area contributed by atoms with E-state index >= 15 is 0 Å². The van der Waals surface area contributed by atoms with Crippen LogP contribution in [0.2, 0.25) is 0 Å². The lowest BCUT2D eigenvalue weighted by Crippen LogP contribution is -2.52. The van der Waals surface area contributed by atoms with Gasteiger partial charge in [0.25, 0.3) is 15.9 Å². The van der Waals surface area contributed by atoms with Gasteiger partial charge in [0.05, 0.1) is 4.90 Å². The monoisotopic (exact) mass is 395 g/mol. The molecule has 27 heavy (non-hydrogen) atoms. The molecule has 1 aliphatic rings. The van der Waals surface area contributed by atoms with Crippen LogP contribution in [0.1, 0.15) is 17.3 Å². The summed E-state index contributed by atoms with van der Waals surface area (Å²) in [6.45, 7) is 4.00. The van der Waals surface area contributed by atoms with E-state index < -0.39 is 26.6 Å².